The molecule has 0 spiro atoms. The van der Waals surface area contributed by atoms with Crippen molar-refractivity contribution in [3.63, 3.8) is 0 Å². The number of rotatable bonds is 5. The molecule has 0 fully saturated rings. The van der Waals surface area contributed by atoms with E-state index < -0.39 is 0 Å². The third kappa shape index (κ3) is 2.97. The van der Waals surface area contributed by atoms with Crippen molar-refractivity contribution in [1.29, 1.82) is 0 Å². The van der Waals surface area contributed by atoms with Crippen molar-refractivity contribution in [2.75, 3.05) is 13.2 Å². The molecule has 0 bridgehead atoms. The van der Waals surface area contributed by atoms with Crippen LogP contribution < -0.4 is 0 Å². The van der Waals surface area contributed by atoms with Gasteiger partial charge in [0.05, 0.1) is 19.1 Å². The monoisotopic (exact) mass is 236 g/mol. The van der Waals surface area contributed by atoms with Crippen LogP contribution in [0.3, 0.4) is 0 Å². The molecule has 7 heteroatoms. The number of ether oxygens (including phenoxy) is 2. The van der Waals surface area contributed by atoms with Gasteiger partial charge in [-0.15, -0.1) is 0 Å². The molecule has 90 valence electrons. The fourth-order valence-electron chi connectivity index (χ4n) is 1.32. The molecule has 0 saturated heterocycles. The number of carbonyl (C=O) groups is 1. The maximum atomic E-state index is 10.5. The fourth-order valence-corrected chi connectivity index (χ4v) is 1.32. The van der Waals surface area contributed by atoms with Crippen LogP contribution in [0.5, 0.6) is 0 Å². The maximum Gasteiger partial charge on any atom is 0.302 e. The highest BCUT2D eigenvalue weighted by molar-refractivity contribution is 5.68. The zero-order chi connectivity index (χ0) is 12.1. The summed E-state index contributed by atoms with van der Waals surface area (Å²) in [5.74, 6) is -0.311. The van der Waals surface area contributed by atoms with Crippen LogP contribution in [0.25, 0.3) is 11.2 Å². The molecule has 0 saturated carbocycles. The number of hydrogen-bond acceptors (Lipinski definition) is 6. The SMILES string of the molecule is CC(=O)OCCOCn1cnc2cncnc21. The molecule has 17 heavy (non-hydrogen) atoms. The normalized spacial score (nSPS) is 10.6. The van der Waals surface area contributed by atoms with Crippen molar-refractivity contribution in [2.24, 2.45) is 0 Å². The van der Waals surface area contributed by atoms with Crippen molar-refractivity contribution in [3.05, 3.63) is 18.9 Å². The highest BCUT2D eigenvalue weighted by Gasteiger charge is 2.02. The molecule has 0 aromatic carbocycles. The van der Waals surface area contributed by atoms with Crippen LogP contribution in [0.2, 0.25) is 0 Å². The number of nitrogens with zero attached hydrogens (tertiary/aromatic N) is 4. The molecule has 2 heterocycles. The van der Waals surface area contributed by atoms with Gasteiger partial charge in [0.25, 0.3) is 0 Å². The number of hydrogen-bond donors (Lipinski definition) is 0. The van der Waals surface area contributed by atoms with Gasteiger partial charge in [-0.1, -0.05) is 0 Å². The van der Waals surface area contributed by atoms with Gasteiger partial charge in [-0.25, -0.2) is 15.0 Å². The summed E-state index contributed by atoms with van der Waals surface area (Å²) in [5, 5.41) is 0. The Morgan fingerprint density at radius 1 is 1.41 bits per heavy atom. The first-order chi connectivity index (χ1) is 8.27. The summed E-state index contributed by atoms with van der Waals surface area (Å²) in [6.45, 7) is 2.26. The number of imidazole rings is 1. The van der Waals surface area contributed by atoms with E-state index >= 15 is 0 Å². The molecule has 0 aliphatic carbocycles. The molecular weight excluding hydrogens is 224 g/mol. The van der Waals surface area contributed by atoms with E-state index in [0.29, 0.717) is 19.0 Å². The summed E-state index contributed by atoms with van der Waals surface area (Å²) in [4.78, 5) is 22.6. The topological polar surface area (TPSA) is 79.1 Å². The van der Waals surface area contributed by atoms with Gasteiger partial charge in [0.15, 0.2) is 5.65 Å². The first kappa shape index (κ1) is 11.5. The first-order valence-corrected chi connectivity index (χ1v) is 5.09. The number of carbonyl (C=O) groups excluding carboxylic acids is 1. The summed E-state index contributed by atoms with van der Waals surface area (Å²) >= 11 is 0. The van der Waals surface area contributed by atoms with Crippen molar-refractivity contribution in [3.8, 4) is 0 Å². The Hall–Kier alpha value is -2.02. The Kier molecular flexibility index (Phi) is 3.61. The van der Waals surface area contributed by atoms with Gasteiger partial charge >= 0.3 is 5.97 Å². The third-order valence-electron chi connectivity index (χ3n) is 2.04. The van der Waals surface area contributed by atoms with Crippen LogP contribution in [-0.4, -0.2) is 38.7 Å². The van der Waals surface area contributed by atoms with Crippen LogP contribution in [-0.2, 0) is 21.0 Å². The van der Waals surface area contributed by atoms with Crippen molar-refractivity contribution >= 4 is 17.1 Å². The lowest BCUT2D eigenvalue weighted by Crippen LogP contribution is -2.10. The lowest BCUT2D eigenvalue weighted by atomic mass is 10.6. The van der Waals surface area contributed by atoms with E-state index in [1.54, 1.807) is 17.1 Å². The van der Waals surface area contributed by atoms with Crippen molar-refractivity contribution < 1.29 is 14.3 Å². The largest absolute Gasteiger partial charge is 0.463 e. The van der Waals surface area contributed by atoms with E-state index in [1.807, 2.05) is 0 Å². The highest BCUT2D eigenvalue weighted by atomic mass is 16.6. The summed E-state index contributed by atoms with van der Waals surface area (Å²) in [5.41, 5.74) is 1.43. The molecule has 0 N–H and O–H groups in total. The lowest BCUT2D eigenvalue weighted by Gasteiger charge is -2.05. The number of aromatic nitrogens is 4. The summed E-state index contributed by atoms with van der Waals surface area (Å²) in [6.07, 6.45) is 4.72. The number of esters is 1. The van der Waals surface area contributed by atoms with Gasteiger partial charge in [-0.05, 0) is 0 Å². The quantitative estimate of drug-likeness (QED) is 0.551. The van der Waals surface area contributed by atoms with Crippen molar-refractivity contribution in [1.82, 2.24) is 19.5 Å². The van der Waals surface area contributed by atoms with Crippen LogP contribution in [0, 0.1) is 0 Å². The smallest absolute Gasteiger partial charge is 0.302 e. The summed E-state index contributed by atoms with van der Waals surface area (Å²) in [7, 11) is 0. The second-order valence-electron chi connectivity index (χ2n) is 3.32. The average molecular weight is 236 g/mol. The number of fused-ring (bicyclic) bond motifs is 1. The lowest BCUT2D eigenvalue weighted by molar-refractivity contribution is -0.142. The Morgan fingerprint density at radius 2 is 2.29 bits per heavy atom. The second kappa shape index (κ2) is 5.35. The van der Waals surface area contributed by atoms with E-state index in [9.17, 15) is 4.79 Å². The Labute approximate surface area is 97.4 Å². The predicted octanol–water partition coefficient (Wildman–Crippen LogP) is 0.363. The van der Waals surface area contributed by atoms with E-state index in [2.05, 4.69) is 15.0 Å². The minimum atomic E-state index is -0.311. The highest BCUT2D eigenvalue weighted by Crippen LogP contribution is 2.06. The zero-order valence-corrected chi connectivity index (χ0v) is 9.37. The first-order valence-electron chi connectivity index (χ1n) is 5.09. The third-order valence-corrected chi connectivity index (χ3v) is 2.04. The molecule has 2 aromatic heterocycles. The van der Waals surface area contributed by atoms with Crippen LogP contribution >= 0.6 is 0 Å². The molecule has 0 atom stereocenters. The van der Waals surface area contributed by atoms with Gasteiger partial charge in [0.1, 0.15) is 25.2 Å². The Balaban J connectivity index is 1.85. The molecule has 7 nitrogen and oxygen atoms in total. The van der Waals surface area contributed by atoms with E-state index in [0.717, 1.165) is 5.52 Å². The fraction of sp³-hybridized carbons (Fsp3) is 0.400. The zero-order valence-electron chi connectivity index (χ0n) is 9.37. The average Bonchev–Trinajstić information content (AvgIpc) is 2.72. The van der Waals surface area contributed by atoms with Crippen LogP contribution in [0.1, 0.15) is 6.92 Å². The van der Waals surface area contributed by atoms with Gasteiger partial charge in [-0.2, -0.15) is 0 Å². The predicted molar refractivity (Wildman–Crippen MR) is 57.9 cm³/mol. The standard InChI is InChI=1S/C10H12N4O3/c1-8(15)17-3-2-16-7-14-6-13-9-4-11-5-12-10(9)14/h4-6H,2-3,7H2,1H3. The van der Waals surface area contributed by atoms with Gasteiger partial charge in [0, 0.05) is 6.92 Å². The molecule has 2 rings (SSSR count). The Bertz CT molecular complexity index is 511. The van der Waals surface area contributed by atoms with Gasteiger partial charge < -0.3 is 9.47 Å². The minimum absolute atomic E-state index is 0.247. The van der Waals surface area contributed by atoms with Crippen LogP contribution in [0.4, 0.5) is 0 Å². The minimum Gasteiger partial charge on any atom is -0.463 e. The molecule has 0 unspecified atom stereocenters. The molecule has 0 amide bonds. The Morgan fingerprint density at radius 3 is 3.12 bits per heavy atom. The summed E-state index contributed by atoms with van der Waals surface area (Å²) in [6, 6.07) is 0. The molecule has 0 aliphatic rings. The molecule has 2 aromatic rings. The van der Waals surface area contributed by atoms with E-state index in [4.69, 9.17) is 9.47 Å². The van der Waals surface area contributed by atoms with Gasteiger partial charge in [-0.3, -0.25) is 9.36 Å². The molecule has 0 radical (unpaired) electrons. The maximum absolute atomic E-state index is 10.5. The van der Waals surface area contributed by atoms with Gasteiger partial charge in [0.2, 0.25) is 0 Å². The van der Waals surface area contributed by atoms with E-state index in [-0.39, 0.29) is 12.6 Å². The molecule has 0 aliphatic heterocycles. The molecular formula is C10H12N4O3. The van der Waals surface area contributed by atoms with Crippen LogP contribution in [0.15, 0.2) is 18.9 Å². The van der Waals surface area contributed by atoms with Crippen molar-refractivity contribution in [2.45, 2.75) is 13.7 Å². The second-order valence-corrected chi connectivity index (χ2v) is 3.32. The summed E-state index contributed by atoms with van der Waals surface area (Å²) < 4.78 is 11.8. The van der Waals surface area contributed by atoms with E-state index in [1.165, 1.54) is 13.3 Å².